The zero-order valence-corrected chi connectivity index (χ0v) is 87.1. The number of esters is 3. The van der Waals surface area contributed by atoms with Crippen LogP contribution in [0.25, 0.3) is 0 Å². The van der Waals surface area contributed by atoms with E-state index in [1.54, 1.807) is 13.8 Å². The van der Waals surface area contributed by atoms with Gasteiger partial charge in [-0.05, 0) is 170 Å². The van der Waals surface area contributed by atoms with Crippen LogP contribution in [0.1, 0.15) is 180 Å². The molecule has 52 unspecified atom stereocenters. The van der Waals surface area contributed by atoms with Crippen LogP contribution in [-0.2, 0) is 114 Å². The standard InChI is InChI=1S/C102H161NO47/c1-17-97(12,130)27-19-21-43(4)84(128)143-82-70(120)61(111)44(5)137-93(82)150-98(13,18-2)28-20-22-42(3)83(127)131-40-54-67(117)71(121)81(148-90-76(126)79(146-89-74(124)69(119)65(115)53(35-104)139-89)77(45(6)138-90)144-88-75(125)78(52(109)39-134-88)145-86-72(122)62(112)49(106)36-132-86)92(141-54)149-94(129)102-32-31-95(8,9)33-48(102)47-23-24-57-99(14)29-26-59(96(10,11)56(99)25-30-100(57,15)101(47,16)34-58(102)110)142-85-60(103-46(7)105)68(118)66(116)55(140-85)41-136-91-80(64(114)51(108)38-135-91)147-87-73(123)63(113)50(107)37-133-87/h17-18,21-23,44-45,48-82,85-93,104,106-126,130H,1-2,19-20,24-41H2,3-16H3,(H,103,105). The minimum Gasteiger partial charge on any atom is -0.459 e. The Morgan fingerprint density at radius 1 is 0.460 bits per heavy atom. The van der Waals surface area contributed by atoms with Crippen molar-refractivity contribution in [2.75, 3.05) is 46.2 Å². The highest BCUT2D eigenvalue weighted by molar-refractivity contribution is 5.88. The summed E-state index contributed by atoms with van der Waals surface area (Å²) < 4.78 is 122. The van der Waals surface area contributed by atoms with E-state index in [4.69, 9.17) is 94.7 Å². The van der Waals surface area contributed by atoms with Crippen molar-refractivity contribution in [3.05, 3.63) is 60.3 Å². The molecule has 9 saturated heterocycles. The van der Waals surface area contributed by atoms with Crippen molar-refractivity contribution in [2.45, 2.75) is 456 Å². The Morgan fingerprint density at radius 2 is 0.973 bits per heavy atom. The monoisotopic (exact) mass is 2150 g/mol. The molecule has 14 rings (SSSR count). The predicted molar refractivity (Wildman–Crippen MR) is 507 cm³/mol. The van der Waals surface area contributed by atoms with Gasteiger partial charge in [-0.15, -0.1) is 13.2 Å². The Morgan fingerprint density at radius 3 is 1.60 bits per heavy atom. The number of rotatable bonds is 34. The molecule has 5 aliphatic carbocycles. The second-order valence-corrected chi connectivity index (χ2v) is 46.1. The fraction of sp³-hybridized carbons (Fsp3) is 0.863. The first kappa shape index (κ1) is 120. The van der Waals surface area contributed by atoms with Crippen molar-refractivity contribution in [3.8, 4) is 0 Å². The van der Waals surface area contributed by atoms with E-state index in [-0.39, 0.29) is 61.5 Å². The summed E-state index contributed by atoms with van der Waals surface area (Å²) in [7, 11) is 0. The molecule has 24 N–H and O–H groups in total. The first-order chi connectivity index (χ1) is 70.3. The van der Waals surface area contributed by atoms with Crippen molar-refractivity contribution in [3.63, 3.8) is 0 Å². The summed E-state index contributed by atoms with van der Waals surface area (Å²) in [5.41, 5.74) is -6.76. The Bertz CT molecular complexity index is 4660. The van der Waals surface area contributed by atoms with Gasteiger partial charge in [0.1, 0.15) is 183 Å². The average molecular weight is 2150 g/mol. The molecule has 52 atom stereocenters. The number of allylic oxidation sites excluding steroid dienone is 4. The Labute approximate surface area is 869 Å². The van der Waals surface area contributed by atoms with E-state index in [1.807, 2.05) is 13.8 Å². The summed E-state index contributed by atoms with van der Waals surface area (Å²) in [5.74, 6) is -4.58. The summed E-state index contributed by atoms with van der Waals surface area (Å²) in [4.78, 5) is 57.6. The predicted octanol–water partition coefficient (Wildman–Crippen LogP) is -4.76. The number of aliphatic hydroxyl groups is 23. The maximum atomic E-state index is 16.7. The summed E-state index contributed by atoms with van der Waals surface area (Å²) in [6, 6.07) is -1.35. The lowest BCUT2D eigenvalue weighted by Gasteiger charge is -2.72. The fourth-order valence-corrected chi connectivity index (χ4v) is 25.3. The SMILES string of the molecule is C=CC(C)(O)CCC=C(C)C(=O)OC1C(OC(C)(C=C)CCC=C(C)C(=O)OCC2OC(OC(=O)C34CCC(C)(C)CC3C3=CCC5C6(C)CCC(OC7OC(COC8OCC(O)C(O)C8OC8OCC(O)C(O)C8O)C(O)C(O)C7NC(C)=O)C(C)(C)C6CCC5(C)C3(C)CC4O)C(OC3OC(C)C(OC4OCC(O)C(OC5OCC(O)C(O)C5O)C4O)C(OC4OC(CO)C(O)C(O)C4O)C3O)C(O)C2O)OC(C)C(O)C1O. The van der Waals surface area contributed by atoms with E-state index >= 15 is 4.79 Å². The maximum absolute atomic E-state index is 16.7. The van der Waals surface area contributed by atoms with Crippen LogP contribution >= 0.6 is 0 Å². The zero-order valence-electron chi connectivity index (χ0n) is 87.1. The Hall–Kier alpha value is -5.02. The molecule has 856 valence electrons. The molecule has 0 spiro atoms. The minimum atomic E-state index is -2.35. The highest BCUT2D eigenvalue weighted by atomic mass is 16.8. The topological polar surface area (TPSA) is 730 Å². The van der Waals surface area contributed by atoms with Crippen LogP contribution in [0.2, 0.25) is 0 Å². The third-order valence-corrected chi connectivity index (χ3v) is 35.0. The van der Waals surface area contributed by atoms with Crippen molar-refractivity contribution in [1.82, 2.24) is 5.32 Å². The van der Waals surface area contributed by atoms with Crippen molar-refractivity contribution in [2.24, 2.45) is 50.2 Å². The molecule has 0 aromatic heterocycles. The lowest BCUT2D eigenvalue weighted by molar-refractivity contribution is -0.398. The fourth-order valence-electron chi connectivity index (χ4n) is 25.3. The number of hydrogen-bond donors (Lipinski definition) is 24. The molecule has 48 heteroatoms. The molecule has 0 bridgehead atoms. The molecule has 150 heavy (non-hydrogen) atoms. The van der Waals surface area contributed by atoms with Gasteiger partial charge in [-0.3, -0.25) is 9.59 Å². The van der Waals surface area contributed by atoms with Gasteiger partial charge >= 0.3 is 17.9 Å². The molecule has 14 aliphatic rings. The molecule has 0 aromatic rings. The Kier molecular flexibility index (Phi) is 38.4. The van der Waals surface area contributed by atoms with Crippen LogP contribution in [0.15, 0.2) is 60.3 Å². The lowest BCUT2D eigenvalue weighted by Crippen LogP contribution is -2.69. The van der Waals surface area contributed by atoms with Crippen LogP contribution in [0, 0.1) is 50.2 Å². The van der Waals surface area contributed by atoms with Gasteiger partial charge in [0.2, 0.25) is 12.2 Å². The van der Waals surface area contributed by atoms with Crippen molar-refractivity contribution >= 4 is 23.8 Å². The minimum absolute atomic E-state index is 0.00641. The number of ether oxygens (including phenoxy) is 20. The highest BCUT2D eigenvalue weighted by Crippen LogP contribution is 2.76. The second-order valence-electron chi connectivity index (χ2n) is 46.1. The van der Waals surface area contributed by atoms with E-state index < -0.39 is 384 Å². The van der Waals surface area contributed by atoms with E-state index in [9.17, 15) is 132 Å². The third-order valence-electron chi connectivity index (χ3n) is 35.0. The molecular weight excluding hydrogens is 1990 g/mol. The third kappa shape index (κ3) is 24.2. The largest absolute Gasteiger partial charge is 0.459 e. The zero-order chi connectivity index (χ0) is 110. The van der Waals surface area contributed by atoms with Gasteiger partial charge in [0.15, 0.2) is 62.5 Å². The summed E-state index contributed by atoms with van der Waals surface area (Å²) >= 11 is 0. The summed E-state index contributed by atoms with van der Waals surface area (Å²) in [6.45, 7) is 27.9. The molecule has 48 nitrogen and oxygen atoms in total. The maximum Gasteiger partial charge on any atom is 0.333 e. The Balaban J connectivity index is 0.728. The summed E-state index contributed by atoms with van der Waals surface area (Å²) in [5, 5.41) is 263. The van der Waals surface area contributed by atoms with Crippen LogP contribution in [0.3, 0.4) is 0 Å². The molecule has 13 fully saturated rings. The number of carbonyl (C=O) groups is 4. The normalized spacial score (nSPS) is 48.2. The van der Waals surface area contributed by atoms with Crippen molar-refractivity contribution in [1.29, 1.82) is 0 Å². The second kappa shape index (κ2) is 47.9. The van der Waals surface area contributed by atoms with Crippen LogP contribution < -0.4 is 5.32 Å². The van der Waals surface area contributed by atoms with E-state index in [2.05, 4.69) is 59.2 Å². The number of carbonyl (C=O) groups excluding carboxylic acids is 4. The lowest BCUT2D eigenvalue weighted by atomic mass is 9.33. The first-order valence-electron chi connectivity index (χ1n) is 52.0. The average Bonchev–Trinajstić information content (AvgIpc) is 0.667. The van der Waals surface area contributed by atoms with Gasteiger partial charge in [0.05, 0.1) is 75.3 Å². The molecule has 0 radical (unpaired) electrons. The van der Waals surface area contributed by atoms with Crippen LogP contribution in [-0.4, -0.2) is 463 Å². The van der Waals surface area contributed by atoms with E-state index in [1.165, 1.54) is 58.9 Å². The van der Waals surface area contributed by atoms with Gasteiger partial charge in [-0.1, -0.05) is 84.4 Å². The van der Waals surface area contributed by atoms with Gasteiger partial charge in [0.25, 0.3) is 0 Å². The molecule has 9 aliphatic heterocycles. The highest BCUT2D eigenvalue weighted by Gasteiger charge is 2.73. The molecule has 0 aromatic carbocycles. The van der Waals surface area contributed by atoms with E-state index in [0.717, 1.165) is 5.57 Å². The van der Waals surface area contributed by atoms with Crippen molar-refractivity contribution < 1.29 is 231 Å². The van der Waals surface area contributed by atoms with Gasteiger partial charge in [0, 0.05) is 18.1 Å². The van der Waals surface area contributed by atoms with Gasteiger partial charge < -0.3 is 218 Å². The quantitative estimate of drug-likeness (QED) is 0.00946. The molecular formula is C102H161NO47. The summed E-state index contributed by atoms with van der Waals surface area (Å²) in [6.07, 6.45) is -62.4. The smallest absolute Gasteiger partial charge is 0.333 e. The number of aliphatic hydroxyl groups excluding tert-OH is 22. The molecule has 4 saturated carbocycles. The first-order valence-corrected chi connectivity index (χ1v) is 52.0. The van der Waals surface area contributed by atoms with Crippen LogP contribution in [0.4, 0.5) is 0 Å². The van der Waals surface area contributed by atoms with Crippen LogP contribution in [0.5, 0.6) is 0 Å². The van der Waals surface area contributed by atoms with Gasteiger partial charge in [-0.25, -0.2) is 9.59 Å². The molecule has 9 heterocycles. The number of nitrogens with one attached hydrogen (secondary N) is 1. The number of fused-ring (bicyclic) bond motifs is 7. The van der Waals surface area contributed by atoms with Gasteiger partial charge in [-0.2, -0.15) is 0 Å². The molecule has 1 amide bonds. The van der Waals surface area contributed by atoms with E-state index in [0.29, 0.717) is 44.9 Å². The number of hydrogen-bond acceptors (Lipinski definition) is 47. The number of amides is 1.